The first-order valence-corrected chi connectivity index (χ1v) is 10.0. The zero-order chi connectivity index (χ0) is 16.9. The lowest BCUT2D eigenvalue weighted by molar-refractivity contribution is 0.372. The minimum Gasteiger partial charge on any atom is -0.308 e. The van der Waals surface area contributed by atoms with E-state index in [4.69, 9.17) is 0 Å². The highest BCUT2D eigenvalue weighted by Crippen LogP contribution is 2.29. The highest BCUT2D eigenvalue weighted by molar-refractivity contribution is 7.15. The summed E-state index contributed by atoms with van der Waals surface area (Å²) in [5, 5.41) is 4.87. The maximum absolute atomic E-state index is 4.61. The second kappa shape index (κ2) is 7.94. The van der Waals surface area contributed by atoms with Gasteiger partial charge in [0.15, 0.2) is 0 Å². The zero-order valence-electron chi connectivity index (χ0n) is 14.4. The Bertz CT molecular complexity index is 786. The van der Waals surface area contributed by atoms with Crippen LogP contribution in [0.15, 0.2) is 60.8 Å². The van der Waals surface area contributed by atoms with Gasteiger partial charge >= 0.3 is 0 Å². The van der Waals surface area contributed by atoms with E-state index in [9.17, 15) is 0 Å². The quantitative estimate of drug-likeness (QED) is 0.621. The molecule has 1 saturated carbocycles. The Morgan fingerprint density at radius 3 is 2.28 bits per heavy atom. The largest absolute Gasteiger partial charge is 0.308 e. The number of aromatic nitrogens is 1. The Labute approximate surface area is 154 Å². The third-order valence-corrected chi connectivity index (χ3v) is 6.02. The minimum absolute atomic E-state index is 0.686. The lowest BCUT2D eigenvalue weighted by Crippen LogP contribution is -2.30. The Kier molecular flexibility index (Phi) is 5.24. The molecule has 1 aromatic heterocycles. The monoisotopic (exact) mass is 348 g/mol. The number of rotatable bonds is 5. The van der Waals surface area contributed by atoms with Gasteiger partial charge in [0, 0.05) is 18.8 Å². The molecule has 1 aliphatic rings. The number of hydrogen-bond donors (Lipinski definition) is 1. The van der Waals surface area contributed by atoms with Crippen molar-refractivity contribution in [3.05, 3.63) is 65.8 Å². The van der Waals surface area contributed by atoms with E-state index >= 15 is 0 Å². The Morgan fingerprint density at radius 1 is 0.840 bits per heavy atom. The van der Waals surface area contributed by atoms with Crippen LogP contribution in [0.4, 0.5) is 0 Å². The van der Waals surface area contributed by atoms with E-state index in [1.807, 2.05) is 6.20 Å². The second-order valence-electron chi connectivity index (χ2n) is 6.78. The van der Waals surface area contributed by atoms with Crippen LogP contribution in [0, 0.1) is 0 Å². The summed E-state index contributed by atoms with van der Waals surface area (Å²) < 4.78 is 0. The molecular formula is C22H24N2S. The van der Waals surface area contributed by atoms with Crippen molar-refractivity contribution in [3.63, 3.8) is 0 Å². The summed E-state index contributed by atoms with van der Waals surface area (Å²) in [6.45, 7) is 0.900. The molecule has 0 atom stereocenters. The lowest BCUT2D eigenvalue weighted by atomic mass is 9.96. The first-order chi connectivity index (χ1) is 12.4. The van der Waals surface area contributed by atoms with Crippen LogP contribution in [0.3, 0.4) is 0 Å². The summed E-state index contributed by atoms with van der Waals surface area (Å²) >= 11 is 1.80. The average molecular weight is 349 g/mol. The maximum atomic E-state index is 4.61. The van der Waals surface area contributed by atoms with Gasteiger partial charge in [0.2, 0.25) is 0 Å². The summed E-state index contributed by atoms with van der Waals surface area (Å²) in [7, 11) is 0. The van der Waals surface area contributed by atoms with Gasteiger partial charge in [-0.15, -0.1) is 11.3 Å². The molecule has 0 spiro atoms. The summed E-state index contributed by atoms with van der Waals surface area (Å²) in [6, 6.07) is 20.0. The minimum atomic E-state index is 0.686. The van der Waals surface area contributed by atoms with Gasteiger partial charge in [-0.2, -0.15) is 0 Å². The van der Waals surface area contributed by atoms with Crippen molar-refractivity contribution < 1.29 is 0 Å². The Hall–Kier alpha value is -1.97. The predicted octanol–water partition coefficient (Wildman–Crippen LogP) is 5.90. The molecule has 1 heterocycles. The van der Waals surface area contributed by atoms with Crippen molar-refractivity contribution in [2.24, 2.45) is 0 Å². The summed E-state index contributed by atoms with van der Waals surface area (Å²) in [5.41, 5.74) is 3.77. The molecule has 25 heavy (non-hydrogen) atoms. The molecule has 1 aliphatic carbocycles. The summed E-state index contributed by atoms with van der Waals surface area (Å²) in [4.78, 5) is 5.86. The molecule has 128 valence electrons. The number of benzene rings is 2. The molecule has 0 aliphatic heterocycles. The highest BCUT2D eigenvalue weighted by atomic mass is 32.1. The van der Waals surface area contributed by atoms with Gasteiger partial charge in [0.1, 0.15) is 5.01 Å². The molecule has 3 aromatic rings. The number of nitrogens with one attached hydrogen (secondary N) is 1. The molecule has 2 aromatic carbocycles. The smallest absolute Gasteiger partial charge is 0.107 e. The molecule has 0 saturated heterocycles. The van der Waals surface area contributed by atoms with Crippen LogP contribution in [-0.4, -0.2) is 11.0 Å². The van der Waals surface area contributed by atoms with Crippen molar-refractivity contribution in [1.29, 1.82) is 0 Å². The standard InChI is InChI=1S/C22H24N2S/c1-3-7-17(8-4-1)18-11-13-19(14-12-18)21-15-24-22(25-21)16-23-20-9-5-2-6-10-20/h1,3-4,7-8,11-15,20,23H,2,5-6,9-10,16H2. The molecule has 1 N–H and O–H groups in total. The van der Waals surface area contributed by atoms with E-state index in [1.54, 1.807) is 11.3 Å². The molecule has 1 fully saturated rings. The summed E-state index contributed by atoms with van der Waals surface area (Å²) in [6.07, 6.45) is 8.79. The maximum Gasteiger partial charge on any atom is 0.107 e. The third-order valence-electron chi connectivity index (χ3n) is 4.98. The van der Waals surface area contributed by atoms with Crippen molar-refractivity contribution in [3.8, 4) is 21.6 Å². The van der Waals surface area contributed by atoms with Gasteiger partial charge in [0.25, 0.3) is 0 Å². The SMILES string of the molecule is c1ccc(-c2ccc(-c3cnc(CNC4CCCCC4)s3)cc2)cc1. The van der Waals surface area contributed by atoms with Gasteiger partial charge in [-0.3, -0.25) is 0 Å². The number of hydrogen-bond acceptors (Lipinski definition) is 3. The fourth-order valence-electron chi connectivity index (χ4n) is 3.52. The van der Waals surface area contributed by atoms with Crippen LogP contribution in [-0.2, 0) is 6.54 Å². The molecule has 0 amide bonds. The molecule has 3 heteroatoms. The molecule has 0 bridgehead atoms. The van der Waals surface area contributed by atoms with Crippen LogP contribution >= 0.6 is 11.3 Å². The van der Waals surface area contributed by atoms with E-state index in [0.29, 0.717) is 6.04 Å². The van der Waals surface area contributed by atoms with E-state index in [0.717, 1.165) is 6.54 Å². The van der Waals surface area contributed by atoms with Gasteiger partial charge in [-0.25, -0.2) is 4.98 Å². The molecule has 4 rings (SSSR count). The van der Waals surface area contributed by atoms with Gasteiger partial charge in [0.05, 0.1) is 4.88 Å². The van der Waals surface area contributed by atoms with Crippen LogP contribution in [0.1, 0.15) is 37.1 Å². The number of nitrogens with zero attached hydrogens (tertiary/aromatic N) is 1. The van der Waals surface area contributed by atoms with Crippen molar-refractivity contribution in [2.45, 2.75) is 44.7 Å². The average Bonchev–Trinajstić information content (AvgIpc) is 3.17. The second-order valence-corrected chi connectivity index (χ2v) is 7.89. The third kappa shape index (κ3) is 4.17. The topological polar surface area (TPSA) is 24.9 Å². The van der Waals surface area contributed by atoms with Crippen molar-refractivity contribution in [1.82, 2.24) is 10.3 Å². The predicted molar refractivity (Wildman–Crippen MR) is 107 cm³/mol. The zero-order valence-corrected chi connectivity index (χ0v) is 15.3. The van der Waals surface area contributed by atoms with Gasteiger partial charge in [-0.1, -0.05) is 73.9 Å². The van der Waals surface area contributed by atoms with Crippen LogP contribution in [0.2, 0.25) is 0 Å². The van der Waals surface area contributed by atoms with Crippen molar-refractivity contribution in [2.75, 3.05) is 0 Å². The first-order valence-electron chi connectivity index (χ1n) is 9.22. The van der Waals surface area contributed by atoms with Gasteiger partial charge < -0.3 is 5.32 Å². The Balaban J connectivity index is 1.41. The molecule has 0 radical (unpaired) electrons. The van der Waals surface area contributed by atoms with Crippen LogP contribution in [0.5, 0.6) is 0 Å². The van der Waals surface area contributed by atoms with E-state index in [1.165, 1.54) is 58.7 Å². The van der Waals surface area contributed by atoms with E-state index in [-0.39, 0.29) is 0 Å². The Morgan fingerprint density at radius 2 is 1.52 bits per heavy atom. The van der Waals surface area contributed by atoms with Crippen molar-refractivity contribution >= 4 is 11.3 Å². The first kappa shape index (κ1) is 16.5. The fraction of sp³-hybridized carbons (Fsp3) is 0.318. The van der Waals surface area contributed by atoms with Crippen LogP contribution in [0.25, 0.3) is 21.6 Å². The molecule has 2 nitrogen and oxygen atoms in total. The van der Waals surface area contributed by atoms with E-state index in [2.05, 4.69) is 64.9 Å². The molecule has 0 unspecified atom stereocenters. The van der Waals surface area contributed by atoms with Crippen LogP contribution < -0.4 is 5.32 Å². The highest BCUT2D eigenvalue weighted by Gasteiger charge is 2.13. The van der Waals surface area contributed by atoms with Gasteiger partial charge in [-0.05, 0) is 29.5 Å². The number of thiazole rings is 1. The fourth-order valence-corrected chi connectivity index (χ4v) is 4.40. The van der Waals surface area contributed by atoms with E-state index < -0.39 is 0 Å². The lowest BCUT2D eigenvalue weighted by Gasteiger charge is -2.22. The summed E-state index contributed by atoms with van der Waals surface area (Å²) in [5.74, 6) is 0. The normalized spacial score (nSPS) is 15.4. The molecular weight excluding hydrogens is 324 g/mol.